The Bertz CT molecular complexity index is 665. The fraction of sp³-hybridized carbons (Fsp3) is 0.438. The predicted octanol–water partition coefficient (Wildman–Crippen LogP) is 4.66. The van der Waals surface area contributed by atoms with Gasteiger partial charge in [0.2, 0.25) is 5.89 Å². The number of unbranched alkanes of at least 4 members (excludes halogenated alkanes) is 1. The first-order valence-electron chi connectivity index (χ1n) is 7.23. The quantitative estimate of drug-likeness (QED) is 0.716. The van der Waals surface area contributed by atoms with E-state index in [1.54, 1.807) is 13.0 Å². The maximum Gasteiger partial charge on any atom is 0.210 e. The standard InChI is InChI=1S/C16H19NO3S2/c1-3-4-7-10(13(18)21)16(2,15(19)22)14-17-11-8-5-6-9-12(11)20-14/h5-6,8-10H,3-4,7H2,1-2H3,(H,18,21)(H,19,22). The molecule has 2 atom stereocenters. The first-order valence-corrected chi connectivity index (χ1v) is 8.05. The Morgan fingerprint density at radius 3 is 2.55 bits per heavy atom. The average Bonchev–Trinajstić information content (AvgIpc) is 2.91. The van der Waals surface area contributed by atoms with Crippen LogP contribution >= 0.6 is 24.4 Å². The van der Waals surface area contributed by atoms with Crippen LogP contribution in [0.2, 0.25) is 0 Å². The molecular formula is C16H19NO3S2. The smallest absolute Gasteiger partial charge is 0.210 e. The van der Waals surface area contributed by atoms with Gasteiger partial charge in [-0.05, 0) is 49.9 Å². The van der Waals surface area contributed by atoms with Gasteiger partial charge in [0.15, 0.2) is 15.7 Å². The SMILES string of the molecule is CCCCC(C(O)=S)C(C)(C(O)=S)c1nc2ccccc2o1. The van der Waals surface area contributed by atoms with E-state index < -0.39 is 11.3 Å². The summed E-state index contributed by atoms with van der Waals surface area (Å²) in [6.07, 6.45) is 2.40. The lowest BCUT2D eigenvalue weighted by Crippen LogP contribution is -2.43. The second kappa shape index (κ2) is 6.71. The Morgan fingerprint density at radius 2 is 2.00 bits per heavy atom. The Morgan fingerprint density at radius 1 is 1.32 bits per heavy atom. The minimum absolute atomic E-state index is 0.186. The number of thiocarbonyl (C=S) groups is 2. The van der Waals surface area contributed by atoms with Gasteiger partial charge in [-0.1, -0.05) is 31.9 Å². The van der Waals surface area contributed by atoms with Gasteiger partial charge in [-0.2, -0.15) is 0 Å². The van der Waals surface area contributed by atoms with Gasteiger partial charge in [0.25, 0.3) is 0 Å². The van der Waals surface area contributed by atoms with E-state index in [9.17, 15) is 10.2 Å². The van der Waals surface area contributed by atoms with Gasteiger partial charge in [-0.25, -0.2) is 4.98 Å². The summed E-state index contributed by atoms with van der Waals surface area (Å²) in [6, 6.07) is 7.32. The number of aliphatic hydroxyl groups is 2. The highest BCUT2D eigenvalue weighted by molar-refractivity contribution is 7.80. The number of aliphatic hydroxyl groups excluding tert-OH is 2. The normalized spacial score (nSPS) is 15.4. The molecule has 0 saturated heterocycles. The van der Waals surface area contributed by atoms with Crippen molar-refractivity contribution in [3.63, 3.8) is 0 Å². The predicted molar refractivity (Wildman–Crippen MR) is 94.8 cm³/mol. The Hall–Kier alpha value is -1.53. The van der Waals surface area contributed by atoms with Gasteiger partial charge in [-0.15, -0.1) is 0 Å². The second-order valence-electron chi connectivity index (χ2n) is 5.53. The third-order valence-electron chi connectivity index (χ3n) is 4.02. The van der Waals surface area contributed by atoms with Crippen molar-refractivity contribution in [3.05, 3.63) is 30.2 Å². The summed E-state index contributed by atoms with van der Waals surface area (Å²) in [5.41, 5.74) is 0.158. The number of benzene rings is 1. The first kappa shape index (κ1) is 16.8. The van der Waals surface area contributed by atoms with E-state index in [4.69, 9.17) is 28.9 Å². The van der Waals surface area contributed by atoms with Crippen LogP contribution in [0.25, 0.3) is 11.1 Å². The topological polar surface area (TPSA) is 66.5 Å². The summed E-state index contributed by atoms with van der Waals surface area (Å²) in [4.78, 5) is 4.43. The Balaban J connectivity index is 2.54. The van der Waals surface area contributed by atoms with Crippen LogP contribution in [0.15, 0.2) is 28.7 Å². The van der Waals surface area contributed by atoms with Gasteiger partial charge in [0.1, 0.15) is 10.9 Å². The molecule has 0 aliphatic heterocycles. The van der Waals surface area contributed by atoms with Gasteiger partial charge in [-0.3, -0.25) is 0 Å². The highest BCUT2D eigenvalue weighted by atomic mass is 32.1. The number of hydrogen-bond acceptors (Lipinski definition) is 4. The van der Waals surface area contributed by atoms with Crippen LogP contribution in [0, 0.1) is 5.92 Å². The molecule has 0 amide bonds. The molecule has 0 saturated carbocycles. The van der Waals surface area contributed by atoms with E-state index >= 15 is 0 Å². The van der Waals surface area contributed by atoms with E-state index in [-0.39, 0.29) is 16.0 Å². The number of para-hydroxylation sites is 2. The van der Waals surface area contributed by atoms with E-state index in [0.717, 1.165) is 12.8 Å². The monoisotopic (exact) mass is 337 g/mol. The van der Waals surface area contributed by atoms with Crippen molar-refractivity contribution >= 4 is 45.6 Å². The molecule has 2 aromatic rings. The van der Waals surface area contributed by atoms with Crippen LogP contribution in [0.5, 0.6) is 0 Å². The maximum absolute atomic E-state index is 10.1. The molecule has 2 unspecified atom stereocenters. The summed E-state index contributed by atoms with van der Waals surface area (Å²) < 4.78 is 5.78. The molecule has 22 heavy (non-hydrogen) atoms. The summed E-state index contributed by atoms with van der Waals surface area (Å²) in [5, 5.41) is 19.6. The van der Waals surface area contributed by atoms with E-state index in [1.807, 2.05) is 25.1 Å². The van der Waals surface area contributed by atoms with Gasteiger partial charge < -0.3 is 14.6 Å². The molecule has 0 aliphatic carbocycles. The zero-order valence-corrected chi connectivity index (χ0v) is 14.2. The highest BCUT2D eigenvalue weighted by Gasteiger charge is 2.46. The van der Waals surface area contributed by atoms with Crippen LogP contribution < -0.4 is 0 Å². The minimum atomic E-state index is -1.13. The third-order valence-corrected chi connectivity index (χ3v) is 4.73. The van der Waals surface area contributed by atoms with Crippen LogP contribution in [-0.4, -0.2) is 25.3 Å². The van der Waals surface area contributed by atoms with Crippen LogP contribution in [0.4, 0.5) is 0 Å². The molecule has 0 aliphatic rings. The Kier molecular flexibility index (Phi) is 5.13. The van der Waals surface area contributed by atoms with Crippen molar-refractivity contribution in [2.24, 2.45) is 5.92 Å². The minimum Gasteiger partial charge on any atom is -0.502 e. The Labute approximate surface area is 140 Å². The number of rotatable bonds is 7. The highest BCUT2D eigenvalue weighted by Crippen LogP contribution is 2.38. The lowest BCUT2D eigenvalue weighted by atomic mass is 9.75. The molecule has 1 aromatic heterocycles. The van der Waals surface area contributed by atoms with Gasteiger partial charge in [0.05, 0.1) is 0 Å². The summed E-state index contributed by atoms with van der Waals surface area (Å²) >= 11 is 10.0. The third kappa shape index (κ3) is 2.98. The zero-order chi connectivity index (χ0) is 16.3. The number of hydrogen-bond donors (Lipinski definition) is 2. The van der Waals surface area contributed by atoms with E-state index in [1.165, 1.54) is 0 Å². The molecular weight excluding hydrogens is 318 g/mol. The summed E-state index contributed by atoms with van der Waals surface area (Å²) in [6.45, 7) is 3.76. The van der Waals surface area contributed by atoms with Crippen molar-refractivity contribution in [2.75, 3.05) is 0 Å². The van der Waals surface area contributed by atoms with E-state index in [0.29, 0.717) is 17.5 Å². The fourth-order valence-electron chi connectivity index (χ4n) is 2.55. The molecule has 6 heteroatoms. The lowest BCUT2D eigenvalue weighted by molar-refractivity contribution is 0.302. The number of fused-ring (bicyclic) bond motifs is 1. The molecule has 2 rings (SSSR count). The molecule has 0 fully saturated rings. The molecule has 0 bridgehead atoms. The fourth-order valence-corrected chi connectivity index (χ4v) is 3.13. The van der Waals surface area contributed by atoms with Crippen molar-refractivity contribution in [1.82, 2.24) is 4.98 Å². The van der Waals surface area contributed by atoms with Crippen LogP contribution in [0.3, 0.4) is 0 Å². The molecule has 118 valence electrons. The van der Waals surface area contributed by atoms with Crippen LogP contribution in [0.1, 0.15) is 39.0 Å². The van der Waals surface area contributed by atoms with E-state index in [2.05, 4.69) is 4.98 Å². The molecule has 2 N–H and O–H groups in total. The van der Waals surface area contributed by atoms with Gasteiger partial charge in [0, 0.05) is 5.92 Å². The molecule has 4 nitrogen and oxygen atoms in total. The molecule has 0 radical (unpaired) electrons. The largest absolute Gasteiger partial charge is 0.502 e. The molecule has 0 spiro atoms. The second-order valence-corrected chi connectivity index (χ2v) is 6.33. The summed E-state index contributed by atoms with van der Waals surface area (Å²) in [5.74, 6) is -0.244. The summed E-state index contributed by atoms with van der Waals surface area (Å²) in [7, 11) is 0. The number of aromatic nitrogens is 1. The molecule has 1 aromatic carbocycles. The first-order chi connectivity index (χ1) is 10.4. The lowest BCUT2D eigenvalue weighted by Gasteiger charge is -2.31. The van der Waals surface area contributed by atoms with Crippen molar-refractivity contribution in [1.29, 1.82) is 0 Å². The number of nitrogens with zero attached hydrogens (tertiary/aromatic N) is 1. The zero-order valence-electron chi connectivity index (χ0n) is 12.6. The van der Waals surface area contributed by atoms with Crippen molar-refractivity contribution in [2.45, 2.75) is 38.5 Å². The maximum atomic E-state index is 10.1. The molecule has 1 heterocycles. The van der Waals surface area contributed by atoms with Crippen LogP contribution in [-0.2, 0) is 5.41 Å². The average molecular weight is 337 g/mol. The van der Waals surface area contributed by atoms with Crippen molar-refractivity contribution < 1.29 is 14.6 Å². The van der Waals surface area contributed by atoms with Gasteiger partial charge >= 0.3 is 0 Å². The van der Waals surface area contributed by atoms with Crippen molar-refractivity contribution in [3.8, 4) is 0 Å². The number of oxazole rings is 1.